The maximum Gasteiger partial charge on any atom is 0.325 e. The van der Waals surface area contributed by atoms with Crippen LogP contribution >= 0.6 is 22.9 Å². The van der Waals surface area contributed by atoms with Gasteiger partial charge in [0, 0.05) is 53.9 Å². The van der Waals surface area contributed by atoms with Crippen LogP contribution in [0.1, 0.15) is 37.8 Å². The number of fused-ring (bicyclic) bond motifs is 2. The molecule has 1 saturated heterocycles. The monoisotopic (exact) mass is 572 g/mol. The van der Waals surface area contributed by atoms with Crippen molar-refractivity contribution in [3.8, 4) is 0 Å². The molecule has 5 rings (SSSR count). The van der Waals surface area contributed by atoms with E-state index in [2.05, 4.69) is 20.5 Å². The molecule has 39 heavy (non-hydrogen) atoms. The molecule has 0 spiro atoms. The fourth-order valence-electron chi connectivity index (χ4n) is 5.00. The van der Waals surface area contributed by atoms with E-state index in [9.17, 15) is 19.2 Å². The first-order valence-electron chi connectivity index (χ1n) is 12.6. The number of nitrogens with one attached hydrogen (secondary N) is 2. The van der Waals surface area contributed by atoms with E-state index in [-0.39, 0.29) is 19.7 Å². The number of ether oxygens (including phenoxy) is 1. The second kappa shape index (κ2) is 10.9. The number of amides is 3. The standard InChI is InChI=1S/C26H29ClN6O5S/c1-4-38-21(34)13-33-11-17(28-24(36)25-29-16-7-8-31(2)12-20(16)39-25)22(26(33)37)30-23(35)19-10-14-9-15(27)5-6-18(14)32(19)3/h5-6,9-10,17,22H,4,7-8,11-13H2,1-3H3,(H,28,36)(H,30,35)/t17-,22+/m1/s1. The number of aryl methyl sites for hydroxylation is 1. The Balaban J connectivity index is 1.37. The van der Waals surface area contributed by atoms with Gasteiger partial charge in [0.05, 0.1) is 18.3 Å². The minimum atomic E-state index is -1.09. The Morgan fingerprint density at radius 1 is 1.18 bits per heavy atom. The molecule has 2 atom stereocenters. The lowest BCUT2D eigenvalue weighted by atomic mass is 10.1. The van der Waals surface area contributed by atoms with Gasteiger partial charge in [0.15, 0.2) is 5.01 Å². The number of thiazole rings is 1. The summed E-state index contributed by atoms with van der Waals surface area (Å²) in [5.41, 5.74) is 2.04. The van der Waals surface area contributed by atoms with E-state index in [0.717, 1.165) is 41.0 Å². The number of hydrogen-bond donors (Lipinski definition) is 2. The third-order valence-corrected chi connectivity index (χ3v) is 8.30. The number of carbonyl (C=O) groups is 4. The molecule has 0 saturated carbocycles. The van der Waals surface area contributed by atoms with Crippen molar-refractivity contribution in [2.75, 3.05) is 33.3 Å². The van der Waals surface area contributed by atoms with Crippen molar-refractivity contribution in [2.45, 2.75) is 32.0 Å². The third-order valence-electron chi connectivity index (χ3n) is 6.98. The zero-order valence-corrected chi connectivity index (χ0v) is 23.4. The van der Waals surface area contributed by atoms with Gasteiger partial charge in [-0.3, -0.25) is 19.2 Å². The van der Waals surface area contributed by atoms with Crippen LogP contribution in [0.25, 0.3) is 10.9 Å². The molecular formula is C26H29ClN6O5S. The first-order valence-corrected chi connectivity index (χ1v) is 13.8. The number of carbonyl (C=O) groups excluding carboxylic acids is 4. The van der Waals surface area contributed by atoms with Crippen LogP contribution < -0.4 is 10.6 Å². The highest BCUT2D eigenvalue weighted by Crippen LogP contribution is 2.26. The van der Waals surface area contributed by atoms with Crippen molar-refractivity contribution >= 4 is 57.5 Å². The number of hydrogen-bond acceptors (Lipinski definition) is 8. The summed E-state index contributed by atoms with van der Waals surface area (Å²) in [7, 11) is 3.76. The van der Waals surface area contributed by atoms with Crippen LogP contribution in [0.2, 0.25) is 5.02 Å². The minimum absolute atomic E-state index is 0.0346. The third kappa shape index (κ3) is 5.49. The molecule has 11 nitrogen and oxygen atoms in total. The number of likely N-dealkylation sites (N-methyl/N-ethyl adjacent to an activating group) is 1. The lowest BCUT2D eigenvalue weighted by Gasteiger charge is -2.20. The van der Waals surface area contributed by atoms with E-state index in [1.54, 1.807) is 36.7 Å². The Hall–Kier alpha value is -3.48. The van der Waals surface area contributed by atoms with Gasteiger partial charge in [0.25, 0.3) is 11.8 Å². The molecule has 0 aliphatic carbocycles. The van der Waals surface area contributed by atoms with Crippen LogP contribution in [0.15, 0.2) is 24.3 Å². The molecule has 0 bridgehead atoms. The molecule has 3 amide bonds. The second-order valence-electron chi connectivity index (χ2n) is 9.72. The molecule has 1 fully saturated rings. The van der Waals surface area contributed by atoms with Gasteiger partial charge in [0.2, 0.25) is 5.91 Å². The Kier molecular flexibility index (Phi) is 7.61. The summed E-state index contributed by atoms with van der Waals surface area (Å²) in [5.74, 6) is -1.96. The summed E-state index contributed by atoms with van der Waals surface area (Å²) in [5, 5.41) is 7.29. The van der Waals surface area contributed by atoms with Crippen molar-refractivity contribution in [3.05, 3.63) is 50.6 Å². The van der Waals surface area contributed by atoms with Gasteiger partial charge in [-0.05, 0) is 38.2 Å². The van der Waals surface area contributed by atoms with Crippen molar-refractivity contribution in [3.63, 3.8) is 0 Å². The van der Waals surface area contributed by atoms with E-state index in [0.29, 0.717) is 15.7 Å². The van der Waals surface area contributed by atoms with E-state index in [1.807, 2.05) is 13.1 Å². The number of aromatic nitrogens is 2. The van der Waals surface area contributed by atoms with E-state index in [1.165, 1.54) is 16.2 Å². The second-order valence-corrected chi connectivity index (χ2v) is 11.2. The molecule has 4 heterocycles. The highest BCUT2D eigenvalue weighted by atomic mass is 35.5. The van der Waals surface area contributed by atoms with Gasteiger partial charge < -0.3 is 29.7 Å². The SMILES string of the molecule is CCOC(=O)CN1C[C@@H](NC(=O)c2nc3c(s2)CN(C)CC3)[C@H](NC(=O)c2cc3cc(Cl)ccc3n2C)C1=O. The summed E-state index contributed by atoms with van der Waals surface area (Å²) in [6.45, 7) is 3.20. The molecule has 2 aromatic heterocycles. The van der Waals surface area contributed by atoms with Crippen molar-refractivity contribution in [1.29, 1.82) is 0 Å². The summed E-state index contributed by atoms with van der Waals surface area (Å²) in [6, 6.07) is 5.12. The van der Waals surface area contributed by atoms with Crippen molar-refractivity contribution in [2.24, 2.45) is 7.05 Å². The number of nitrogens with zero attached hydrogens (tertiary/aromatic N) is 4. The molecular weight excluding hydrogens is 544 g/mol. The fraction of sp³-hybridized carbons (Fsp3) is 0.423. The van der Waals surface area contributed by atoms with E-state index in [4.69, 9.17) is 16.3 Å². The highest BCUT2D eigenvalue weighted by molar-refractivity contribution is 7.13. The molecule has 206 valence electrons. The van der Waals surface area contributed by atoms with E-state index < -0.39 is 35.8 Å². The van der Waals surface area contributed by atoms with Gasteiger partial charge in [-0.2, -0.15) is 0 Å². The average Bonchev–Trinajstić information content (AvgIpc) is 3.54. The van der Waals surface area contributed by atoms with Crippen molar-refractivity contribution in [1.82, 2.24) is 30.0 Å². The topological polar surface area (TPSA) is 126 Å². The number of likely N-dealkylation sites (tertiary alicyclic amines) is 1. The number of rotatable bonds is 7. The number of esters is 1. The van der Waals surface area contributed by atoms with Crippen LogP contribution in [0.4, 0.5) is 0 Å². The van der Waals surface area contributed by atoms with Gasteiger partial charge in [-0.15, -0.1) is 11.3 Å². The summed E-state index contributed by atoms with van der Waals surface area (Å²) >= 11 is 7.44. The largest absolute Gasteiger partial charge is 0.465 e. The molecule has 0 unspecified atom stereocenters. The van der Waals surface area contributed by atoms with Crippen LogP contribution in [0.3, 0.4) is 0 Å². The zero-order valence-electron chi connectivity index (χ0n) is 21.8. The quantitative estimate of drug-likeness (QED) is 0.412. The maximum atomic E-state index is 13.4. The normalized spacial score (nSPS) is 19.3. The predicted octanol–water partition coefficient (Wildman–Crippen LogP) is 1.58. The Labute approximate surface area is 234 Å². The van der Waals surface area contributed by atoms with Crippen LogP contribution in [-0.4, -0.2) is 88.4 Å². The Morgan fingerprint density at radius 2 is 1.97 bits per heavy atom. The predicted molar refractivity (Wildman–Crippen MR) is 146 cm³/mol. The summed E-state index contributed by atoms with van der Waals surface area (Å²) in [4.78, 5) is 61.1. The molecule has 2 N–H and O–H groups in total. The van der Waals surface area contributed by atoms with Crippen LogP contribution in [0.5, 0.6) is 0 Å². The van der Waals surface area contributed by atoms with Gasteiger partial charge >= 0.3 is 5.97 Å². The van der Waals surface area contributed by atoms with Crippen LogP contribution in [-0.2, 0) is 34.3 Å². The summed E-state index contributed by atoms with van der Waals surface area (Å²) in [6.07, 6.45) is 0.764. The Bertz CT molecular complexity index is 1470. The molecule has 2 aliphatic heterocycles. The first-order chi connectivity index (χ1) is 18.6. The van der Waals surface area contributed by atoms with Gasteiger partial charge in [-0.1, -0.05) is 11.6 Å². The molecule has 1 aromatic carbocycles. The maximum absolute atomic E-state index is 13.4. The smallest absolute Gasteiger partial charge is 0.325 e. The molecule has 0 radical (unpaired) electrons. The van der Waals surface area contributed by atoms with Gasteiger partial charge in [0.1, 0.15) is 18.3 Å². The van der Waals surface area contributed by atoms with Crippen LogP contribution in [0, 0.1) is 0 Å². The fourth-order valence-corrected chi connectivity index (χ4v) is 6.27. The molecule has 3 aromatic rings. The van der Waals surface area contributed by atoms with Crippen molar-refractivity contribution < 1.29 is 23.9 Å². The zero-order chi connectivity index (χ0) is 27.8. The summed E-state index contributed by atoms with van der Waals surface area (Å²) < 4.78 is 6.71. The number of halogens is 1. The van der Waals surface area contributed by atoms with E-state index >= 15 is 0 Å². The average molecular weight is 573 g/mol. The first kappa shape index (κ1) is 27.1. The number of benzene rings is 1. The molecule has 2 aliphatic rings. The Morgan fingerprint density at radius 3 is 2.74 bits per heavy atom. The lowest BCUT2D eigenvalue weighted by molar-refractivity contribution is -0.147. The lowest BCUT2D eigenvalue weighted by Crippen LogP contribution is -2.52. The van der Waals surface area contributed by atoms with Gasteiger partial charge in [-0.25, -0.2) is 4.98 Å². The molecule has 13 heteroatoms. The highest BCUT2D eigenvalue weighted by Gasteiger charge is 2.43. The minimum Gasteiger partial charge on any atom is -0.465 e.